The highest BCUT2D eigenvalue weighted by molar-refractivity contribution is 5.80. The van der Waals surface area contributed by atoms with Crippen molar-refractivity contribution in [1.29, 1.82) is 0 Å². The predicted molar refractivity (Wildman–Crippen MR) is 59.7 cm³/mol. The van der Waals surface area contributed by atoms with Gasteiger partial charge in [0, 0.05) is 24.9 Å². The topological polar surface area (TPSA) is 30.2 Å². The summed E-state index contributed by atoms with van der Waals surface area (Å²) < 4.78 is 2.14. The third-order valence-electron chi connectivity index (χ3n) is 2.62. The molecule has 0 amide bonds. The summed E-state index contributed by atoms with van der Waals surface area (Å²) in [6.07, 6.45) is 4.70. The number of aliphatic imine (C=N–C) groups is 1. The molecule has 74 valence electrons. The first-order valence-electron chi connectivity index (χ1n) is 5.06. The number of aromatic nitrogens is 2. The van der Waals surface area contributed by atoms with E-state index in [1.165, 1.54) is 11.4 Å². The lowest BCUT2D eigenvalue weighted by Crippen LogP contribution is -2.07. The predicted octanol–water partition coefficient (Wildman–Crippen LogP) is 1.85. The summed E-state index contributed by atoms with van der Waals surface area (Å²) in [6, 6.07) is 10.3. The first-order valence-corrected chi connectivity index (χ1v) is 5.06. The lowest BCUT2D eigenvalue weighted by Gasteiger charge is -2.09. The van der Waals surface area contributed by atoms with E-state index in [9.17, 15) is 0 Å². The van der Waals surface area contributed by atoms with E-state index in [-0.39, 0.29) is 0 Å². The molecule has 1 aromatic carbocycles. The van der Waals surface area contributed by atoms with Crippen LogP contribution in [0.3, 0.4) is 0 Å². The largest absolute Gasteiger partial charge is 0.303 e. The van der Waals surface area contributed by atoms with Gasteiger partial charge in [-0.05, 0) is 12.1 Å². The van der Waals surface area contributed by atoms with Crippen LogP contribution in [0.2, 0.25) is 0 Å². The number of imidazole rings is 1. The van der Waals surface area contributed by atoms with Gasteiger partial charge in [0.15, 0.2) is 0 Å². The second-order valence-electron chi connectivity index (χ2n) is 3.57. The molecule has 2 heterocycles. The molecule has 1 aromatic heterocycles. The summed E-state index contributed by atoms with van der Waals surface area (Å²) in [6.45, 7) is 0.867. The molecule has 1 aliphatic rings. The molecule has 0 aliphatic carbocycles. The van der Waals surface area contributed by atoms with Gasteiger partial charge >= 0.3 is 0 Å². The molecule has 3 nitrogen and oxygen atoms in total. The van der Waals surface area contributed by atoms with Gasteiger partial charge < -0.3 is 4.57 Å². The number of hydrogen-bond donors (Lipinski definition) is 0. The van der Waals surface area contributed by atoms with Crippen molar-refractivity contribution in [1.82, 2.24) is 9.55 Å². The zero-order chi connectivity index (χ0) is 10.1. The van der Waals surface area contributed by atoms with E-state index < -0.39 is 0 Å². The summed E-state index contributed by atoms with van der Waals surface area (Å²) in [5.41, 5.74) is 3.43. The van der Waals surface area contributed by atoms with Crippen molar-refractivity contribution in [2.45, 2.75) is 6.42 Å². The highest BCUT2D eigenvalue weighted by Crippen LogP contribution is 2.16. The van der Waals surface area contributed by atoms with Crippen LogP contribution in [0.15, 0.2) is 41.7 Å². The van der Waals surface area contributed by atoms with Crippen LogP contribution in [-0.4, -0.2) is 22.3 Å². The van der Waals surface area contributed by atoms with Gasteiger partial charge in [-0.2, -0.15) is 0 Å². The van der Waals surface area contributed by atoms with Crippen LogP contribution in [0.1, 0.15) is 11.4 Å². The van der Waals surface area contributed by atoms with Crippen molar-refractivity contribution < 1.29 is 0 Å². The third-order valence-corrected chi connectivity index (χ3v) is 2.62. The summed E-state index contributed by atoms with van der Waals surface area (Å²) in [4.78, 5) is 8.57. The van der Waals surface area contributed by atoms with Crippen molar-refractivity contribution in [3.63, 3.8) is 0 Å². The van der Waals surface area contributed by atoms with Crippen LogP contribution in [-0.2, 0) is 6.42 Å². The van der Waals surface area contributed by atoms with Crippen molar-refractivity contribution >= 4 is 6.21 Å². The molecule has 15 heavy (non-hydrogen) atoms. The Morgan fingerprint density at radius 2 is 2.00 bits per heavy atom. The number of hydrogen-bond acceptors (Lipinski definition) is 2. The smallest absolute Gasteiger partial charge is 0.102 e. The van der Waals surface area contributed by atoms with E-state index in [2.05, 4.69) is 26.7 Å². The Hall–Kier alpha value is -1.90. The lowest BCUT2D eigenvalue weighted by atomic mass is 10.2. The van der Waals surface area contributed by atoms with Gasteiger partial charge in [-0.25, -0.2) is 4.98 Å². The zero-order valence-corrected chi connectivity index (χ0v) is 8.30. The normalized spacial score (nSPS) is 13.9. The molecule has 1 aliphatic heterocycles. The Bertz CT molecular complexity index is 497. The summed E-state index contributed by atoms with van der Waals surface area (Å²) in [5, 5.41) is 0. The van der Waals surface area contributed by atoms with E-state index in [1.807, 2.05) is 30.7 Å². The molecule has 0 saturated carbocycles. The molecule has 0 N–H and O–H groups in total. The maximum absolute atomic E-state index is 4.35. The molecule has 2 aromatic rings. The van der Waals surface area contributed by atoms with Crippen LogP contribution in [0.25, 0.3) is 5.69 Å². The molecular weight excluding hydrogens is 186 g/mol. The van der Waals surface area contributed by atoms with E-state index >= 15 is 0 Å². The van der Waals surface area contributed by atoms with Crippen LogP contribution in [0.4, 0.5) is 0 Å². The van der Waals surface area contributed by atoms with Crippen LogP contribution >= 0.6 is 0 Å². The monoisotopic (exact) mass is 197 g/mol. The fourth-order valence-electron chi connectivity index (χ4n) is 1.88. The minimum absolute atomic E-state index is 0.867. The number of benzene rings is 1. The number of fused-ring (bicyclic) bond motifs is 1. The second-order valence-corrected chi connectivity index (χ2v) is 3.57. The molecule has 3 heteroatoms. The fourth-order valence-corrected chi connectivity index (χ4v) is 1.88. The number of rotatable bonds is 1. The van der Waals surface area contributed by atoms with Gasteiger partial charge in [-0.3, -0.25) is 4.99 Å². The van der Waals surface area contributed by atoms with E-state index in [1.54, 1.807) is 0 Å². The van der Waals surface area contributed by atoms with Crippen molar-refractivity contribution in [3.05, 3.63) is 48.0 Å². The average molecular weight is 197 g/mol. The van der Waals surface area contributed by atoms with Gasteiger partial charge in [0.1, 0.15) is 12.0 Å². The molecule has 0 radical (unpaired) electrons. The molecule has 3 rings (SSSR count). The molecular formula is C12H11N3. The Labute approximate surface area is 88.1 Å². The van der Waals surface area contributed by atoms with E-state index in [0.717, 1.165) is 18.7 Å². The summed E-state index contributed by atoms with van der Waals surface area (Å²) in [5.74, 6) is 0. The molecule has 0 spiro atoms. The quantitative estimate of drug-likeness (QED) is 0.686. The maximum atomic E-state index is 4.35. The summed E-state index contributed by atoms with van der Waals surface area (Å²) >= 11 is 0. The van der Waals surface area contributed by atoms with E-state index in [4.69, 9.17) is 0 Å². The molecule has 0 saturated heterocycles. The maximum Gasteiger partial charge on any atom is 0.102 e. The Balaban J connectivity index is 2.14. The lowest BCUT2D eigenvalue weighted by molar-refractivity contribution is 0.863. The molecule has 0 atom stereocenters. The first-order chi connectivity index (χ1) is 7.45. The Morgan fingerprint density at radius 3 is 2.87 bits per heavy atom. The fraction of sp³-hybridized carbons (Fsp3) is 0.167. The van der Waals surface area contributed by atoms with Crippen LogP contribution in [0.5, 0.6) is 0 Å². The van der Waals surface area contributed by atoms with Crippen molar-refractivity contribution in [3.8, 4) is 5.69 Å². The highest BCUT2D eigenvalue weighted by Gasteiger charge is 2.12. The first kappa shape index (κ1) is 8.41. The summed E-state index contributed by atoms with van der Waals surface area (Å²) in [7, 11) is 0. The number of nitrogens with zero attached hydrogens (tertiary/aromatic N) is 3. The Kier molecular flexibility index (Phi) is 1.88. The van der Waals surface area contributed by atoms with Gasteiger partial charge in [0.05, 0.1) is 5.69 Å². The third kappa shape index (κ3) is 1.36. The minimum Gasteiger partial charge on any atom is -0.303 e. The van der Waals surface area contributed by atoms with Gasteiger partial charge in [0.2, 0.25) is 0 Å². The number of para-hydroxylation sites is 1. The van der Waals surface area contributed by atoms with E-state index in [0.29, 0.717) is 0 Å². The second kappa shape index (κ2) is 3.35. The molecule has 0 unspecified atom stereocenters. The minimum atomic E-state index is 0.867. The Morgan fingerprint density at radius 1 is 1.13 bits per heavy atom. The van der Waals surface area contributed by atoms with Gasteiger partial charge in [0.25, 0.3) is 0 Å². The molecule has 0 bridgehead atoms. The van der Waals surface area contributed by atoms with Gasteiger partial charge in [-0.1, -0.05) is 18.2 Å². The average Bonchev–Trinajstić information content (AvgIpc) is 2.74. The van der Waals surface area contributed by atoms with Gasteiger partial charge in [-0.15, -0.1) is 0 Å². The van der Waals surface area contributed by atoms with Crippen LogP contribution in [0, 0.1) is 0 Å². The highest BCUT2D eigenvalue weighted by atomic mass is 15.1. The zero-order valence-electron chi connectivity index (χ0n) is 8.30. The SMILES string of the molecule is C1=NCCc2c1ncn2-c1ccccc1. The van der Waals surface area contributed by atoms with Crippen molar-refractivity contribution in [2.24, 2.45) is 4.99 Å². The van der Waals surface area contributed by atoms with Crippen molar-refractivity contribution in [2.75, 3.05) is 6.54 Å². The molecule has 0 fully saturated rings. The standard InChI is InChI=1S/C12H11N3/c1-2-4-10(5-3-1)15-9-14-11-8-13-7-6-12(11)15/h1-5,8-9H,6-7H2. The van der Waals surface area contributed by atoms with Crippen LogP contribution < -0.4 is 0 Å².